The van der Waals surface area contributed by atoms with Crippen LogP contribution in [0.4, 0.5) is 0 Å². The molecule has 0 fully saturated rings. The van der Waals surface area contributed by atoms with E-state index >= 15 is 0 Å². The molecule has 62 valence electrons. The van der Waals surface area contributed by atoms with Crippen LogP contribution in [0.5, 0.6) is 0 Å². The van der Waals surface area contributed by atoms with Crippen molar-refractivity contribution in [3.8, 4) is 0 Å². The van der Waals surface area contributed by atoms with E-state index in [1.54, 1.807) is 0 Å². The fourth-order valence-electron chi connectivity index (χ4n) is 1.43. The molecule has 0 bridgehead atoms. The van der Waals surface area contributed by atoms with Crippen LogP contribution in [-0.4, -0.2) is 5.25 Å². The van der Waals surface area contributed by atoms with E-state index in [4.69, 9.17) is 0 Å². The first kappa shape index (κ1) is 7.93. The van der Waals surface area contributed by atoms with Gasteiger partial charge in [0.1, 0.15) is 0 Å². The smallest absolute Gasteiger partial charge is 0.0466 e. The average Bonchev–Trinajstić information content (AvgIpc) is 2.43. The van der Waals surface area contributed by atoms with Gasteiger partial charge in [0.2, 0.25) is 0 Å². The molecule has 1 unspecified atom stereocenters. The lowest BCUT2D eigenvalue weighted by atomic mass is 10.2. The van der Waals surface area contributed by atoms with Gasteiger partial charge < -0.3 is 0 Å². The Bertz CT molecular complexity index is 312. The number of allylic oxidation sites excluding steroid dienone is 5. The maximum atomic E-state index is 2.33. The number of hydrogen-bond donors (Lipinski definition) is 0. The summed E-state index contributed by atoms with van der Waals surface area (Å²) in [5, 5.41) is 0.571. The summed E-state index contributed by atoms with van der Waals surface area (Å²) in [6.45, 7) is 4.30. The Labute approximate surface area is 77.7 Å². The summed E-state index contributed by atoms with van der Waals surface area (Å²) >= 11 is 1.94. The summed E-state index contributed by atoms with van der Waals surface area (Å²) in [5.74, 6) is 0. The molecule has 1 aliphatic carbocycles. The van der Waals surface area contributed by atoms with E-state index in [2.05, 4.69) is 44.2 Å². The number of fused-ring (bicyclic) bond motifs is 1. The summed E-state index contributed by atoms with van der Waals surface area (Å²) in [7, 11) is 0. The Kier molecular flexibility index (Phi) is 1.97. The Morgan fingerprint density at radius 3 is 3.00 bits per heavy atom. The van der Waals surface area contributed by atoms with Gasteiger partial charge in [0.05, 0.1) is 0 Å². The Morgan fingerprint density at radius 1 is 1.50 bits per heavy atom. The molecule has 0 amide bonds. The van der Waals surface area contributed by atoms with Crippen LogP contribution in [0, 0.1) is 0 Å². The van der Waals surface area contributed by atoms with Crippen molar-refractivity contribution in [1.29, 1.82) is 0 Å². The van der Waals surface area contributed by atoms with Crippen LogP contribution < -0.4 is 0 Å². The van der Waals surface area contributed by atoms with Crippen molar-refractivity contribution in [2.45, 2.75) is 19.1 Å². The molecule has 1 aliphatic heterocycles. The highest BCUT2D eigenvalue weighted by Crippen LogP contribution is 2.40. The van der Waals surface area contributed by atoms with E-state index in [9.17, 15) is 0 Å². The fourth-order valence-corrected chi connectivity index (χ4v) is 2.71. The predicted molar refractivity (Wildman–Crippen MR) is 56.1 cm³/mol. The quantitative estimate of drug-likeness (QED) is 0.551. The second-order valence-electron chi connectivity index (χ2n) is 3.34. The summed E-state index contributed by atoms with van der Waals surface area (Å²) in [5.41, 5.74) is 2.80. The highest BCUT2D eigenvalue weighted by molar-refractivity contribution is 8.04. The van der Waals surface area contributed by atoms with E-state index in [1.807, 2.05) is 11.8 Å². The monoisotopic (exact) mass is 176 g/mol. The van der Waals surface area contributed by atoms with Gasteiger partial charge in [-0.05, 0) is 25.5 Å². The molecule has 1 heteroatoms. The third kappa shape index (κ3) is 1.42. The van der Waals surface area contributed by atoms with Crippen molar-refractivity contribution in [3.05, 3.63) is 46.4 Å². The zero-order valence-corrected chi connectivity index (χ0v) is 8.19. The molecule has 0 saturated heterocycles. The second-order valence-corrected chi connectivity index (χ2v) is 4.56. The van der Waals surface area contributed by atoms with Gasteiger partial charge in [-0.1, -0.05) is 29.9 Å². The zero-order chi connectivity index (χ0) is 8.55. The number of hydrogen-bond acceptors (Lipinski definition) is 1. The maximum Gasteiger partial charge on any atom is 0.0466 e. The topological polar surface area (TPSA) is 0 Å². The van der Waals surface area contributed by atoms with Crippen LogP contribution in [0.2, 0.25) is 0 Å². The van der Waals surface area contributed by atoms with Crippen molar-refractivity contribution in [2.75, 3.05) is 0 Å². The summed E-state index contributed by atoms with van der Waals surface area (Å²) in [4.78, 5) is 1.43. The van der Waals surface area contributed by atoms with E-state index in [0.717, 1.165) is 0 Å². The van der Waals surface area contributed by atoms with E-state index in [0.29, 0.717) is 5.25 Å². The van der Waals surface area contributed by atoms with Crippen LogP contribution in [0.25, 0.3) is 0 Å². The normalized spacial score (nSPS) is 25.0. The molecular weight excluding hydrogens is 164 g/mol. The molecule has 0 nitrogen and oxygen atoms in total. The number of rotatable bonds is 1. The Balaban J connectivity index is 2.18. The largest absolute Gasteiger partial charge is 0.114 e. The average molecular weight is 176 g/mol. The molecule has 1 atom stereocenters. The summed E-state index contributed by atoms with van der Waals surface area (Å²) in [6.07, 6.45) is 11.1. The van der Waals surface area contributed by atoms with Crippen molar-refractivity contribution >= 4 is 11.8 Å². The van der Waals surface area contributed by atoms with Gasteiger partial charge >= 0.3 is 0 Å². The van der Waals surface area contributed by atoms with Gasteiger partial charge in [0.25, 0.3) is 0 Å². The van der Waals surface area contributed by atoms with Crippen molar-refractivity contribution in [2.24, 2.45) is 0 Å². The molecule has 12 heavy (non-hydrogen) atoms. The zero-order valence-electron chi connectivity index (χ0n) is 7.37. The first-order chi connectivity index (χ1) is 5.75. The lowest BCUT2D eigenvalue weighted by molar-refractivity contribution is 1.30. The molecule has 0 saturated carbocycles. The molecular formula is C11H12S. The van der Waals surface area contributed by atoms with Gasteiger partial charge in [-0.2, -0.15) is 0 Å². The maximum absolute atomic E-state index is 2.33. The second kappa shape index (κ2) is 2.98. The highest BCUT2D eigenvalue weighted by Gasteiger charge is 2.19. The molecule has 0 spiro atoms. The lowest BCUT2D eigenvalue weighted by Gasteiger charge is -1.99. The van der Waals surface area contributed by atoms with E-state index < -0.39 is 0 Å². The van der Waals surface area contributed by atoms with Crippen molar-refractivity contribution in [1.82, 2.24) is 0 Å². The van der Waals surface area contributed by atoms with Crippen molar-refractivity contribution in [3.63, 3.8) is 0 Å². The minimum Gasteiger partial charge on any atom is -0.114 e. The van der Waals surface area contributed by atoms with Gasteiger partial charge in [-0.15, -0.1) is 11.8 Å². The van der Waals surface area contributed by atoms with Crippen LogP contribution in [0.3, 0.4) is 0 Å². The summed E-state index contributed by atoms with van der Waals surface area (Å²) < 4.78 is 0. The SMILES string of the molecule is CC(C)=CC1C=C2C=CC=C2S1. The van der Waals surface area contributed by atoms with Gasteiger partial charge in [-0.25, -0.2) is 0 Å². The van der Waals surface area contributed by atoms with Crippen LogP contribution in [-0.2, 0) is 0 Å². The lowest BCUT2D eigenvalue weighted by Crippen LogP contribution is -1.87. The molecule has 2 rings (SSSR count). The molecule has 1 heterocycles. The molecule has 0 N–H and O–H groups in total. The van der Waals surface area contributed by atoms with Gasteiger partial charge in [0, 0.05) is 10.2 Å². The van der Waals surface area contributed by atoms with Crippen LogP contribution in [0.1, 0.15) is 13.8 Å². The third-order valence-corrected chi connectivity index (χ3v) is 3.08. The summed E-state index contributed by atoms with van der Waals surface area (Å²) in [6, 6.07) is 0. The molecule has 0 aromatic rings. The third-order valence-electron chi connectivity index (χ3n) is 1.91. The highest BCUT2D eigenvalue weighted by atomic mass is 32.2. The fraction of sp³-hybridized carbons (Fsp3) is 0.273. The molecule has 0 radical (unpaired) electrons. The molecule has 0 aromatic carbocycles. The Hall–Kier alpha value is -0.690. The predicted octanol–water partition coefficient (Wildman–Crippen LogP) is 3.45. The first-order valence-electron chi connectivity index (χ1n) is 4.18. The number of thioether (sulfide) groups is 1. The Morgan fingerprint density at radius 2 is 2.33 bits per heavy atom. The van der Waals surface area contributed by atoms with Crippen LogP contribution in [0.15, 0.2) is 46.4 Å². The van der Waals surface area contributed by atoms with E-state index in [1.165, 1.54) is 16.1 Å². The van der Waals surface area contributed by atoms with Crippen molar-refractivity contribution < 1.29 is 0 Å². The van der Waals surface area contributed by atoms with Gasteiger partial charge in [0.15, 0.2) is 0 Å². The molecule has 0 aromatic heterocycles. The van der Waals surface area contributed by atoms with E-state index in [-0.39, 0.29) is 0 Å². The minimum atomic E-state index is 0.571. The minimum absolute atomic E-state index is 0.571. The molecule has 2 aliphatic rings. The van der Waals surface area contributed by atoms with Gasteiger partial charge in [-0.3, -0.25) is 0 Å². The van der Waals surface area contributed by atoms with Crippen LogP contribution >= 0.6 is 11.8 Å². The first-order valence-corrected chi connectivity index (χ1v) is 5.06. The standard InChI is InChI=1S/C11H12S/c1-8(2)6-10-7-9-4-3-5-11(9)12-10/h3-7,10H,1-2H3.